The monoisotopic (exact) mass is 402 g/mol. The van der Waals surface area contributed by atoms with Crippen molar-refractivity contribution in [2.75, 3.05) is 19.8 Å². The zero-order chi connectivity index (χ0) is 19.3. The molecule has 0 bridgehead atoms. The second-order valence-corrected chi connectivity index (χ2v) is 13.4. The van der Waals surface area contributed by atoms with Crippen LogP contribution in [0.3, 0.4) is 0 Å². The number of hydrogen-bond donors (Lipinski definition) is 0. The molecular formula is C22H30O3SSi. The van der Waals surface area contributed by atoms with Crippen molar-refractivity contribution in [3.8, 4) is 0 Å². The van der Waals surface area contributed by atoms with Crippen LogP contribution in [0.25, 0.3) is 0 Å². The molecule has 1 heterocycles. The van der Waals surface area contributed by atoms with Gasteiger partial charge >= 0.3 is 0 Å². The molecule has 3 nitrogen and oxygen atoms in total. The Morgan fingerprint density at radius 1 is 1.00 bits per heavy atom. The Kier molecular flexibility index (Phi) is 6.82. The lowest BCUT2D eigenvalue weighted by molar-refractivity contribution is -0.0659. The van der Waals surface area contributed by atoms with Gasteiger partial charge in [-0.15, -0.1) is 0 Å². The van der Waals surface area contributed by atoms with Crippen molar-refractivity contribution >= 4 is 30.5 Å². The molecule has 5 heteroatoms. The largest absolute Gasteiger partial charge is 0.406 e. The van der Waals surface area contributed by atoms with Crippen molar-refractivity contribution in [1.82, 2.24) is 0 Å². The van der Waals surface area contributed by atoms with Gasteiger partial charge in [-0.1, -0.05) is 93.2 Å². The van der Waals surface area contributed by atoms with Gasteiger partial charge in [0.15, 0.2) is 0 Å². The molecule has 0 spiro atoms. The van der Waals surface area contributed by atoms with E-state index in [0.717, 1.165) is 0 Å². The van der Waals surface area contributed by atoms with Crippen LogP contribution in [-0.4, -0.2) is 39.0 Å². The highest BCUT2D eigenvalue weighted by molar-refractivity contribution is 8.00. The molecule has 2 unspecified atom stereocenters. The van der Waals surface area contributed by atoms with E-state index in [4.69, 9.17) is 13.9 Å². The third kappa shape index (κ3) is 4.49. The molecule has 1 saturated heterocycles. The van der Waals surface area contributed by atoms with Gasteiger partial charge in [0, 0.05) is 13.2 Å². The van der Waals surface area contributed by atoms with Crippen LogP contribution in [0.15, 0.2) is 60.7 Å². The van der Waals surface area contributed by atoms with E-state index in [1.807, 2.05) is 6.92 Å². The lowest BCUT2D eigenvalue weighted by atomic mass is 10.2. The van der Waals surface area contributed by atoms with Crippen molar-refractivity contribution in [3.63, 3.8) is 0 Å². The van der Waals surface area contributed by atoms with E-state index in [0.29, 0.717) is 25.1 Å². The van der Waals surface area contributed by atoms with E-state index in [-0.39, 0.29) is 10.7 Å². The Labute approximate surface area is 168 Å². The van der Waals surface area contributed by atoms with Gasteiger partial charge in [-0.2, -0.15) is 0 Å². The Morgan fingerprint density at radius 3 is 2.04 bits per heavy atom. The smallest absolute Gasteiger partial charge is 0.261 e. The molecule has 1 aliphatic rings. The molecule has 0 aromatic heterocycles. The maximum atomic E-state index is 6.96. The Bertz CT molecular complexity index is 663. The first-order valence-corrected chi connectivity index (χ1v) is 12.5. The van der Waals surface area contributed by atoms with Crippen LogP contribution in [0.5, 0.6) is 0 Å². The Balaban J connectivity index is 1.93. The van der Waals surface area contributed by atoms with Crippen molar-refractivity contribution < 1.29 is 13.9 Å². The quantitative estimate of drug-likeness (QED) is 0.654. The maximum absolute atomic E-state index is 6.96. The van der Waals surface area contributed by atoms with Crippen LogP contribution in [-0.2, 0) is 13.9 Å². The molecule has 3 rings (SSSR count). The molecule has 2 aromatic rings. The van der Waals surface area contributed by atoms with Gasteiger partial charge in [-0.25, -0.2) is 0 Å². The highest BCUT2D eigenvalue weighted by Gasteiger charge is 2.50. The van der Waals surface area contributed by atoms with Crippen molar-refractivity contribution in [1.29, 1.82) is 0 Å². The average Bonchev–Trinajstić information content (AvgIpc) is 3.11. The van der Waals surface area contributed by atoms with Gasteiger partial charge in [-0.3, -0.25) is 0 Å². The summed E-state index contributed by atoms with van der Waals surface area (Å²) in [6.45, 7) is 10.9. The topological polar surface area (TPSA) is 27.7 Å². The molecule has 0 saturated carbocycles. The minimum absolute atomic E-state index is 0.000839. The van der Waals surface area contributed by atoms with Gasteiger partial charge < -0.3 is 13.9 Å². The lowest BCUT2D eigenvalue weighted by Crippen LogP contribution is -2.67. The molecule has 0 aliphatic carbocycles. The third-order valence-corrected chi connectivity index (χ3v) is 11.1. The Hall–Kier alpha value is -1.11. The van der Waals surface area contributed by atoms with Gasteiger partial charge in [0.25, 0.3) is 8.32 Å². The summed E-state index contributed by atoms with van der Waals surface area (Å²) in [5, 5.41) is 2.92. The lowest BCUT2D eigenvalue weighted by Gasteiger charge is -2.43. The maximum Gasteiger partial charge on any atom is 0.261 e. The zero-order valence-electron chi connectivity index (χ0n) is 16.7. The fourth-order valence-electron chi connectivity index (χ4n) is 3.71. The van der Waals surface area contributed by atoms with Gasteiger partial charge in [0.1, 0.15) is 0 Å². The molecule has 2 aromatic carbocycles. The standard InChI is InChI=1S/C22H30O3SSi/c1-5-23-21-24-16-18(26-21)17-25-27(22(2,3)4,19-12-8-6-9-13-19)20-14-10-7-11-15-20/h6-15,18,21H,5,16-17H2,1-4H3. The van der Waals surface area contributed by atoms with E-state index < -0.39 is 8.32 Å². The SMILES string of the molecule is CCOC1OCC(CO[Si](c2ccccc2)(c2ccccc2)C(C)(C)C)S1. The number of benzene rings is 2. The molecule has 0 amide bonds. The zero-order valence-corrected chi connectivity index (χ0v) is 18.5. The van der Waals surface area contributed by atoms with Crippen molar-refractivity contribution in [3.05, 3.63) is 60.7 Å². The molecule has 2 atom stereocenters. The summed E-state index contributed by atoms with van der Waals surface area (Å²) in [4.78, 5) is 0. The first-order valence-electron chi connectivity index (χ1n) is 9.61. The minimum Gasteiger partial charge on any atom is -0.406 e. The van der Waals surface area contributed by atoms with Crippen LogP contribution < -0.4 is 10.4 Å². The Morgan fingerprint density at radius 2 is 1.56 bits per heavy atom. The molecule has 0 radical (unpaired) electrons. The molecule has 1 fully saturated rings. The summed E-state index contributed by atoms with van der Waals surface area (Å²) in [5.41, 5.74) is -0.164. The van der Waals surface area contributed by atoms with Crippen molar-refractivity contribution in [2.24, 2.45) is 0 Å². The van der Waals surface area contributed by atoms with Crippen LogP contribution in [0, 0.1) is 0 Å². The average molecular weight is 403 g/mol. The van der Waals surface area contributed by atoms with E-state index in [1.54, 1.807) is 11.8 Å². The number of hydrogen-bond acceptors (Lipinski definition) is 4. The van der Waals surface area contributed by atoms with Crippen LogP contribution in [0.2, 0.25) is 5.04 Å². The van der Waals surface area contributed by atoms with E-state index in [9.17, 15) is 0 Å². The predicted molar refractivity (Wildman–Crippen MR) is 116 cm³/mol. The normalized spacial score (nSPS) is 20.7. The fraction of sp³-hybridized carbons (Fsp3) is 0.455. The molecule has 146 valence electrons. The summed E-state index contributed by atoms with van der Waals surface area (Å²) in [6.07, 6.45) is 0. The highest BCUT2D eigenvalue weighted by Crippen LogP contribution is 2.38. The first-order chi connectivity index (χ1) is 13.0. The first kappa shape index (κ1) is 20.6. The fourth-order valence-corrected chi connectivity index (χ4v) is 9.43. The predicted octanol–water partition coefficient (Wildman–Crippen LogP) is 4.02. The van der Waals surface area contributed by atoms with Crippen LogP contribution >= 0.6 is 11.8 Å². The third-order valence-electron chi connectivity index (χ3n) is 4.93. The van der Waals surface area contributed by atoms with Gasteiger partial charge in [-0.05, 0) is 22.3 Å². The van der Waals surface area contributed by atoms with E-state index in [1.165, 1.54) is 10.4 Å². The summed E-state index contributed by atoms with van der Waals surface area (Å²) < 4.78 is 18.3. The number of thioether (sulfide) groups is 1. The molecule has 1 aliphatic heterocycles. The summed E-state index contributed by atoms with van der Waals surface area (Å²) in [6, 6.07) is 21.5. The number of rotatable bonds is 7. The molecular weight excluding hydrogens is 372 g/mol. The minimum atomic E-state index is -2.47. The van der Waals surface area contributed by atoms with Crippen molar-refractivity contribution in [2.45, 2.75) is 43.6 Å². The van der Waals surface area contributed by atoms with Crippen LogP contribution in [0.1, 0.15) is 27.7 Å². The van der Waals surface area contributed by atoms with Gasteiger partial charge in [0.2, 0.25) is 5.62 Å². The summed E-state index contributed by atoms with van der Waals surface area (Å²) in [7, 11) is -2.47. The van der Waals surface area contributed by atoms with Crippen LogP contribution in [0.4, 0.5) is 0 Å². The second-order valence-electron chi connectivity index (χ2n) is 7.81. The number of ether oxygens (including phenoxy) is 2. The summed E-state index contributed by atoms with van der Waals surface area (Å²) >= 11 is 1.73. The van der Waals surface area contributed by atoms with E-state index >= 15 is 0 Å². The summed E-state index contributed by atoms with van der Waals surface area (Å²) in [5.74, 6) is 0. The second kappa shape index (κ2) is 8.93. The highest BCUT2D eigenvalue weighted by atomic mass is 32.2. The molecule has 27 heavy (non-hydrogen) atoms. The molecule has 0 N–H and O–H groups in total. The van der Waals surface area contributed by atoms with E-state index in [2.05, 4.69) is 81.4 Å². The van der Waals surface area contributed by atoms with Gasteiger partial charge in [0.05, 0.1) is 11.9 Å².